The molecule has 0 bridgehead atoms. The molecule has 2 aromatic rings. The van der Waals surface area contributed by atoms with Crippen LogP contribution >= 0.6 is 11.3 Å². The molecule has 0 fully saturated rings. The second-order valence-electron chi connectivity index (χ2n) is 3.57. The van der Waals surface area contributed by atoms with Crippen LogP contribution in [-0.2, 0) is 6.54 Å². The summed E-state index contributed by atoms with van der Waals surface area (Å²) in [5, 5.41) is 8.69. The molecule has 0 saturated carbocycles. The van der Waals surface area contributed by atoms with Gasteiger partial charge in [-0.2, -0.15) is 0 Å². The molecule has 0 atom stereocenters. The zero-order valence-corrected chi connectivity index (χ0v) is 10.8. The molecule has 0 spiro atoms. The van der Waals surface area contributed by atoms with Gasteiger partial charge in [0.2, 0.25) is 0 Å². The monoisotopic (exact) mass is 262 g/mol. The van der Waals surface area contributed by atoms with Crippen molar-refractivity contribution in [1.29, 1.82) is 0 Å². The predicted octanol–water partition coefficient (Wildman–Crippen LogP) is 1.90. The lowest BCUT2D eigenvalue weighted by molar-refractivity contribution is 0.0946. The molecule has 0 aromatic carbocycles. The maximum Gasteiger partial charge on any atom is 0.270 e. The molecule has 6 heteroatoms. The van der Waals surface area contributed by atoms with Crippen LogP contribution in [-0.4, -0.2) is 22.4 Å². The lowest BCUT2D eigenvalue weighted by Gasteiger charge is -2.05. The van der Waals surface area contributed by atoms with Gasteiger partial charge in [0, 0.05) is 30.0 Å². The number of anilines is 1. The number of nitrogens with one attached hydrogen (secondary N) is 2. The predicted molar refractivity (Wildman–Crippen MR) is 71.7 cm³/mol. The van der Waals surface area contributed by atoms with Gasteiger partial charge >= 0.3 is 0 Å². The number of thiazole rings is 1. The van der Waals surface area contributed by atoms with Crippen molar-refractivity contribution in [1.82, 2.24) is 15.3 Å². The average molecular weight is 262 g/mol. The molecule has 2 aromatic heterocycles. The Balaban J connectivity index is 1.97. The summed E-state index contributed by atoms with van der Waals surface area (Å²) in [4.78, 5) is 20.0. The van der Waals surface area contributed by atoms with Crippen molar-refractivity contribution in [3.63, 3.8) is 0 Å². The third-order valence-electron chi connectivity index (χ3n) is 2.26. The highest BCUT2D eigenvalue weighted by molar-refractivity contribution is 7.09. The number of nitrogens with zero attached hydrogens (tertiary/aromatic N) is 2. The Labute approximate surface area is 109 Å². The van der Waals surface area contributed by atoms with E-state index in [4.69, 9.17) is 0 Å². The summed E-state index contributed by atoms with van der Waals surface area (Å²) in [5.41, 5.74) is 1.30. The van der Waals surface area contributed by atoms with E-state index in [2.05, 4.69) is 20.6 Å². The van der Waals surface area contributed by atoms with Crippen LogP contribution in [0.15, 0.2) is 29.9 Å². The van der Waals surface area contributed by atoms with E-state index >= 15 is 0 Å². The van der Waals surface area contributed by atoms with Crippen LogP contribution in [0.4, 0.5) is 5.69 Å². The van der Waals surface area contributed by atoms with Gasteiger partial charge in [-0.1, -0.05) is 0 Å². The fourth-order valence-corrected chi connectivity index (χ4v) is 2.01. The van der Waals surface area contributed by atoms with Crippen molar-refractivity contribution in [2.75, 3.05) is 11.9 Å². The van der Waals surface area contributed by atoms with Crippen LogP contribution in [0.3, 0.4) is 0 Å². The zero-order chi connectivity index (χ0) is 12.8. The number of carbonyl (C=O) groups excluding carboxylic acids is 1. The third kappa shape index (κ3) is 3.27. The molecule has 0 unspecified atom stereocenters. The summed E-state index contributed by atoms with van der Waals surface area (Å²) in [5.74, 6) is -0.190. The van der Waals surface area contributed by atoms with Gasteiger partial charge in [0.25, 0.3) is 5.91 Å². The van der Waals surface area contributed by atoms with Gasteiger partial charge in [-0.05, 0) is 19.1 Å². The minimum absolute atomic E-state index is 0.190. The van der Waals surface area contributed by atoms with Gasteiger partial charge in [0.15, 0.2) is 0 Å². The van der Waals surface area contributed by atoms with Gasteiger partial charge in [0.1, 0.15) is 10.7 Å². The molecule has 1 amide bonds. The molecule has 0 aliphatic heterocycles. The van der Waals surface area contributed by atoms with Gasteiger partial charge < -0.3 is 10.6 Å². The van der Waals surface area contributed by atoms with E-state index in [0.29, 0.717) is 12.2 Å². The Morgan fingerprint density at radius 3 is 3.00 bits per heavy atom. The largest absolute Gasteiger partial charge is 0.385 e. The maximum absolute atomic E-state index is 11.9. The number of pyridine rings is 1. The summed E-state index contributed by atoms with van der Waals surface area (Å²) < 4.78 is 0. The van der Waals surface area contributed by atoms with Crippen molar-refractivity contribution >= 4 is 22.9 Å². The molecule has 94 valence electrons. The molecule has 2 N–H and O–H groups in total. The highest BCUT2D eigenvalue weighted by atomic mass is 32.1. The van der Waals surface area contributed by atoms with E-state index in [1.807, 2.05) is 18.4 Å². The van der Waals surface area contributed by atoms with Gasteiger partial charge in [-0.3, -0.25) is 9.78 Å². The molecule has 0 aliphatic rings. The van der Waals surface area contributed by atoms with E-state index in [9.17, 15) is 4.79 Å². The summed E-state index contributed by atoms with van der Waals surface area (Å²) in [7, 11) is 0. The fourth-order valence-electron chi connectivity index (χ4n) is 1.46. The third-order valence-corrected chi connectivity index (χ3v) is 3.04. The molecule has 0 aliphatic carbocycles. The number of amides is 1. The second kappa shape index (κ2) is 6.11. The van der Waals surface area contributed by atoms with E-state index in [1.54, 1.807) is 18.5 Å². The SMILES string of the molecule is CCNc1ccnc(C(=O)NCc2nccs2)c1. The molecule has 18 heavy (non-hydrogen) atoms. The van der Waals surface area contributed by atoms with Gasteiger partial charge in [-0.25, -0.2) is 4.98 Å². The number of rotatable bonds is 5. The van der Waals surface area contributed by atoms with Crippen molar-refractivity contribution in [3.8, 4) is 0 Å². The first-order chi connectivity index (χ1) is 8.79. The van der Waals surface area contributed by atoms with Crippen LogP contribution in [0, 0.1) is 0 Å². The van der Waals surface area contributed by atoms with E-state index in [0.717, 1.165) is 17.2 Å². The van der Waals surface area contributed by atoms with Crippen LogP contribution in [0.2, 0.25) is 0 Å². The second-order valence-corrected chi connectivity index (χ2v) is 4.55. The first kappa shape index (κ1) is 12.5. The lowest BCUT2D eigenvalue weighted by atomic mass is 10.3. The summed E-state index contributed by atoms with van der Waals surface area (Å²) in [6.07, 6.45) is 3.34. The van der Waals surface area contributed by atoms with Crippen LogP contribution in [0.1, 0.15) is 22.4 Å². The molecule has 0 saturated heterocycles. The highest BCUT2D eigenvalue weighted by Gasteiger charge is 2.08. The van der Waals surface area contributed by atoms with Crippen LogP contribution < -0.4 is 10.6 Å². The number of hydrogen-bond acceptors (Lipinski definition) is 5. The van der Waals surface area contributed by atoms with Crippen LogP contribution in [0.25, 0.3) is 0 Å². The smallest absolute Gasteiger partial charge is 0.270 e. The Morgan fingerprint density at radius 1 is 1.39 bits per heavy atom. The Bertz CT molecular complexity index is 513. The van der Waals surface area contributed by atoms with E-state index in [1.165, 1.54) is 11.3 Å². The standard InChI is InChI=1S/C12H14N4OS/c1-2-13-9-3-4-14-10(7-9)12(17)16-8-11-15-5-6-18-11/h3-7H,2,8H2,1H3,(H,13,14)(H,16,17). The summed E-state index contributed by atoms with van der Waals surface area (Å²) >= 11 is 1.51. The Hall–Kier alpha value is -1.95. The minimum Gasteiger partial charge on any atom is -0.385 e. The minimum atomic E-state index is -0.190. The van der Waals surface area contributed by atoms with E-state index < -0.39 is 0 Å². The normalized spacial score (nSPS) is 10.1. The molecule has 2 rings (SSSR count). The molecule has 2 heterocycles. The Morgan fingerprint density at radius 2 is 2.28 bits per heavy atom. The lowest BCUT2D eigenvalue weighted by Crippen LogP contribution is -2.23. The van der Waals surface area contributed by atoms with Crippen LogP contribution in [0.5, 0.6) is 0 Å². The highest BCUT2D eigenvalue weighted by Crippen LogP contribution is 2.08. The maximum atomic E-state index is 11.9. The van der Waals surface area contributed by atoms with Crippen molar-refractivity contribution in [2.45, 2.75) is 13.5 Å². The van der Waals surface area contributed by atoms with Gasteiger partial charge in [-0.15, -0.1) is 11.3 Å². The topological polar surface area (TPSA) is 66.9 Å². The average Bonchev–Trinajstić information content (AvgIpc) is 2.90. The molecule has 5 nitrogen and oxygen atoms in total. The first-order valence-electron chi connectivity index (χ1n) is 5.66. The van der Waals surface area contributed by atoms with Crippen molar-refractivity contribution < 1.29 is 4.79 Å². The number of hydrogen-bond donors (Lipinski definition) is 2. The fraction of sp³-hybridized carbons (Fsp3) is 0.250. The summed E-state index contributed by atoms with van der Waals surface area (Å²) in [6.45, 7) is 3.25. The van der Waals surface area contributed by atoms with Crippen molar-refractivity contribution in [2.24, 2.45) is 0 Å². The molecule has 0 radical (unpaired) electrons. The quantitative estimate of drug-likeness (QED) is 0.863. The summed E-state index contributed by atoms with van der Waals surface area (Å²) in [6, 6.07) is 3.57. The first-order valence-corrected chi connectivity index (χ1v) is 6.54. The number of aromatic nitrogens is 2. The van der Waals surface area contributed by atoms with E-state index in [-0.39, 0.29) is 5.91 Å². The molecular weight excluding hydrogens is 248 g/mol. The van der Waals surface area contributed by atoms with Crippen molar-refractivity contribution in [3.05, 3.63) is 40.6 Å². The molecular formula is C12H14N4OS. The number of carbonyl (C=O) groups is 1. The van der Waals surface area contributed by atoms with Gasteiger partial charge in [0.05, 0.1) is 6.54 Å². The zero-order valence-electron chi connectivity index (χ0n) is 10.0. The Kier molecular flexibility index (Phi) is 4.25.